The second kappa shape index (κ2) is 15.3. The first-order valence-electron chi connectivity index (χ1n) is 18.7. The van der Waals surface area contributed by atoms with Crippen molar-refractivity contribution in [3.8, 4) is 44.5 Å². The van der Waals surface area contributed by atoms with E-state index in [2.05, 4.69) is 137 Å². The molecule has 0 fully saturated rings. The quantitative estimate of drug-likeness (QED) is 0.102. The van der Waals surface area contributed by atoms with Gasteiger partial charge in [0.2, 0.25) is 0 Å². The Morgan fingerprint density at radius 2 is 1.00 bits per heavy atom. The SMILES string of the molecule is CCCCCCC1(CCCCCC)c2ccccc2-c2ccc(-c3cc(CC)c(-c4ccccc4)c(-c4ccccc4)c3CC)cc21. The van der Waals surface area contributed by atoms with Gasteiger partial charge in [-0.3, -0.25) is 0 Å². The molecule has 0 aromatic heterocycles. The van der Waals surface area contributed by atoms with Gasteiger partial charge in [-0.2, -0.15) is 0 Å². The maximum Gasteiger partial charge on any atom is 0.0215 e. The Labute approximate surface area is 285 Å². The summed E-state index contributed by atoms with van der Waals surface area (Å²) in [5.41, 5.74) is 17.3. The number of hydrogen-bond acceptors (Lipinski definition) is 0. The molecule has 242 valence electrons. The van der Waals surface area contributed by atoms with E-state index in [1.54, 1.807) is 11.1 Å². The smallest absolute Gasteiger partial charge is 0.0215 e. The van der Waals surface area contributed by atoms with Crippen LogP contribution >= 0.6 is 0 Å². The Kier molecular flexibility index (Phi) is 10.8. The summed E-state index contributed by atoms with van der Waals surface area (Å²) in [6.45, 7) is 9.33. The summed E-state index contributed by atoms with van der Waals surface area (Å²) >= 11 is 0. The Hall–Kier alpha value is -3.90. The normalized spacial score (nSPS) is 13.0. The third kappa shape index (κ3) is 6.49. The van der Waals surface area contributed by atoms with Crippen molar-refractivity contribution in [2.24, 2.45) is 0 Å². The highest BCUT2D eigenvalue weighted by atomic mass is 14.4. The van der Waals surface area contributed by atoms with E-state index in [-0.39, 0.29) is 5.41 Å². The minimum absolute atomic E-state index is 0.0929. The molecule has 0 aliphatic heterocycles. The summed E-state index contributed by atoms with van der Waals surface area (Å²) in [7, 11) is 0. The molecule has 0 saturated carbocycles. The lowest BCUT2D eigenvalue weighted by molar-refractivity contribution is 0.401. The van der Waals surface area contributed by atoms with Crippen LogP contribution in [0, 0.1) is 0 Å². The first-order valence-corrected chi connectivity index (χ1v) is 18.7. The van der Waals surface area contributed by atoms with Crippen LogP contribution in [0.25, 0.3) is 44.5 Å². The maximum atomic E-state index is 2.64. The number of aryl methyl sites for hydroxylation is 1. The molecular formula is C47H54. The Bertz CT molecular complexity index is 1750. The molecule has 5 aromatic carbocycles. The lowest BCUT2D eigenvalue weighted by atomic mass is 9.70. The van der Waals surface area contributed by atoms with Gasteiger partial charge in [0.25, 0.3) is 0 Å². The largest absolute Gasteiger partial charge is 0.0654 e. The zero-order valence-corrected chi connectivity index (χ0v) is 29.4. The number of hydrogen-bond donors (Lipinski definition) is 0. The van der Waals surface area contributed by atoms with Crippen molar-refractivity contribution in [2.45, 2.75) is 110 Å². The summed E-state index contributed by atoms with van der Waals surface area (Å²) in [5, 5.41) is 0. The molecule has 0 heterocycles. The van der Waals surface area contributed by atoms with Crippen LogP contribution < -0.4 is 0 Å². The van der Waals surface area contributed by atoms with Crippen LogP contribution in [-0.2, 0) is 18.3 Å². The molecule has 0 heteroatoms. The zero-order valence-electron chi connectivity index (χ0n) is 29.4. The fraction of sp³-hybridized carbons (Fsp3) is 0.362. The van der Waals surface area contributed by atoms with Gasteiger partial charge in [-0.25, -0.2) is 0 Å². The van der Waals surface area contributed by atoms with Crippen molar-refractivity contribution >= 4 is 0 Å². The molecule has 0 saturated heterocycles. The van der Waals surface area contributed by atoms with E-state index in [1.165, 1.54) is 120 Å². The second-order valence-electron chi connectivity index (χ2n) is 13.8. The highest BCUT2D eigenvalue weighted by Crippen LogP contribution is 2.55. The third-order valence-electron chi connectivity index (χ3n) is 10.9. The summed E-state index contributed by atoms with van der Waals surface area (Å²) in [5.74, 6) is 0. The van der Waals surface area contributed by atoms with Gasteiger partial charge >= 0.3 is 0 Å². The van der Waals surface area contributed by atoms with Crippen LogP contribution in [0.5, 0.6) is 0 Å². The van der Waals surface area contributed by atoms with Crippen molar-refractivity contribution in [3.05, 3.63) is 131 Å². The van der Waals surface area contributed by atoms with E-state index < -0.39 is 0 Å². The highest BCUT2D eigenvalue weighted by Gasteiger charge is 2.42. The standard InChI is InChI=1S/C47H54/c1-5-9-11-21-31-47(32-22-12-10-6-2)43-28-20-19-27-40(43)41-30-29-38(34-44(41)47)42-33-35(7-3)45(36-23-15-13-16-24-36)46(39(42)8-4)37-25-17-14-18-26-37/h13-20,23-30,33-34H,5-12,21-22,31-32H2,1-4H3. The molecule has 5 aromatic rings. The Balaban J connectivity index is 1.57. The first-order chi connectivity index (χ1) is 23.2. The molecule has 0 radical (unpaired) electrons. The molecule has 0 atom stereocenters. The summed E-state index contributed by atoms with van der Waals surface area (Å²) < 4.78 is 0. The van der Waals surface area contributed by atoms with E-state index in [0.717, 1.165) is 12.8 Å². The lowest BCUT2D eigenvalue weighted by Gasteiger charge is -2.33. The summed E-state index contributed by atoms with van der Waals surface area (Å²) in [6, 6.07) is 41.7. The predicted octanol–water partition coefficient (Wildman–Crippen LogP) is 14.0. The Morgan fingerprint density at radius 3 is 1.60 bits per heavy atom. The molecule has 0 unspecified atom stereocenters. The van der Waals surface area contributed by atoms with Gasteiger partial charge in [0, 0.05) is 5.41 Å². The van der Waals surface area contributed by atoms with Gasteiger partial charge in [-0.15, -0.1) is 0 Å². The molecule has 0 amide bonds. The van der Waals surface area contributed by atoms with Crippen LogP contribution in [0.1, 0.15) is 114 Å². The van der Waals surface area contributed by atoms with Crippen LogP contribution in [0.4, 0.5) is 0 Å². The van der Waals surface area contributed by atoms with Gasteiger partial charge in [0.05, 0.1) is 0 Å². The van der Waals surface area contributed by atoms with Gasteiger partial charge in [0.1, 0.15) is 0 Å². The van der Waals surface area contributed by atoms with E-state index in [4.69, 9.17) is 0 Å². The van der Waals surface area contributed by atoms with Crippen LogP contribution in [0.3, 0.4) is 0 Å². The number of fused-ring (bicyclic) bond motifs is 3. The second-order valence-corrected chi connectivity index (χ2v) is 13.8. The van der Waals surface area contributed by atoms with Crippen molar-refractivity contribution in [1.82, 2.24) is 0 Å². The molecule has 47 heavy (non-hydrogen) atoms. The van der Waals surface area contributed by atoms with Gasteiger partial charge < -0.3 is 0 Å². The average molecular weight is 619 g/mol. The van der Waals surface area contributed by atoms with E-state index >= 15 is 0 Å². The van der Waals surface area contributed by atoms with Crippen molar-refractivity contribution in [3.63, 3.8) is 0 Å². The summed E-state index contributed by atoms with van der Waals surface area (Å²) in [4.78, 5) is 0. The summed E-state index contributed by atoms with van der Waals surface area (Å²) in [6.07, 6.45) is 14.9. The van der Waals surface area contributed by atoms with Crippen LogP contribution in [-0.4, -0.2) is 0 Å². The van der Waals surface area contributed by atoms with Crippen molar-refractivity contribution in [2.75, 3.05) is 0 Å². The highest BCUT2D eigenvalue weighted by molar-refractivity contribution is 5.94. The Morgan fingerprint density at radius 1 is 0.426 bits per heavy atom. The van der Waals surface area contributed by atoms with E-state index in [9.17, 15) is 0 Å². The molecule has 0 spiro atoms. The molecule has 0 nitrogen and oxygen atoms in total. The zero-order chi connectivity index (χ0) is 32.6. The van der Waals surface area contributed by atoms with Gasteiger partial charge in [-0.05, 0) is 98.5 Å². The fourth-order valence-corrected chi connectivity index (χ4v) is 8.53. The maximum absolute atomic E-state index is 2.64. The van der Waals surface area contributed by atoms with Gasteiger partial charge in [-0.1, -0.05) is 182 Å². The van der Waals surface area contributed by atoms with Crippen LogP contribution in [0.2, 0.25) is 0 Å². The third-order valence-corrected chi connectivity index (χ3v) is 10.9. The molecular weight excluding hydrogens is 565 g/mol. The molecule has 6 rings (SSSR count). The van der Waals surface area contributed by atoms with E-state index in [0.29, 0.717) is 0 Å². The number of rotatable bonds is 15. The average Bonchev–Trinajstić information content (AvgIpc) is 3.40. The topological polar surface area (TPSA) is 0 Å². The fourth-order valence-electron chi connectivity index (χ4n) is 8.53. The number of benzene rings is 5. The predicted molar refractivity (Wildman–Crippen MR) is 205 cm³/mol. The van der Waals surface area contributed by atoms with Crippen molar-refractivity contribution in [1.29, 1.82) is 0 Å². The monoisotopic (exact) mass is 618 g/mol. The lowest BCUT2D eigenvalue weighted by Crippen LogP contribution is -2.25. The van der Waals surface area contributed by atoms with Crippen molar-refractivity contribution < 1.29 is 0 Å². The first kappa shape index (κ1) is 33.0. The molecule has 1 aliphatic rings. The molecule has 0 N–H and O–H groups in total. The molecule has 1 aliphatic carbocycles. The minimum Gasteiger partial charge on any atom is -0.0654 e. The minimum atomic E-state index is 0.0929. The molecule has 0 bridgehead atoms. The van der Waals surface area contributed by atoms with Crippen LogP contribution in [0.15, 0.2) is 109 Å². The number of unbranched alkanes of at least 4 members (excludes halogenated alkanes) is 6. The van der Waals surface area contributed by atoms with E-state index in [1.807, 2.05) is 0 Å². The van der Waals surface area contributed by atoms with Gasteiger partial charge in [0.15, 0.2) is 0 Å².